The van der Waals surface area contributed by atoms with Gasteiger partial charge in [0.25, 0.3) is 0 Å². The lowest BCUT2D eigenvalue weighted by atomic mass is 9.55. The van der Waals surface area contributed by atoms with Crippen molar-refractivity contribution in [3.63, 3.8) is 0 Å². The number of rotatable bonds is 17. The summed E-state index contributed by atoms with van der Waals surface area (Å²) in [6, 6.07) is 10.1. The molecule has 0 spiro atoms. The Morgan fingerprint density at radius 1 is 1.06 bits per heavy atom. The molecule has 1 saturated carbocycles. The molecule has 6 unspecified atom stereocenters. The maximum Gasteiger partial charge on any atom is 0.409 e. The first-order chi connectivity index (χ1) is 24.8. The van der Waals surface area contributed by atoms with Crippen LogP contribution in [0.1, 0.15) is 66.8 Å². The molecule has 0 aromatic heterocycles. The number of hydrogen-bond donors (Lipinski definition) is 2. The second-order valence-corrected chi connectivity index (χ2v) is 13.2. The monoisotopic (exact) mass is 706 g/mol. The molecule has 3 aliphatic rings. The van der Waals surface area contributed by atoms with Crippen LogP contribution in [-0.2, 0) is 14.3 Å². The van der Waals surface area contributed by atoms with Crippen LogP contribution in [0.2, 0.25) is 0 Å². The number of fused-ring (bicyclic) bond motifs is 2. The number of unbranched alkanes of at least 4 members (excludes halogenated alkanes) is 2. The minimum absolute atomic E-state index is 0.0576. The standard InChI is InChI=1S/C39H50N2O10/c1-6-19-49-39-35(41(2)38(45)47-4)23-32(40-48-5)30-21-25(11-7-9-17-42)29(12-8-10-18-43)36(37(30)39)31-22-28(14-16-34(31)51-39)50-27-13-15-33(46-3)26(20-27)24-44/h6,13-16,20-22,24-25,29,35-37,42-43H,1,7-12,17-19,23H2,2-5H3. The predicted octanol–water partition coefficient (Wildman–Crippen LogP) is 6.26. The molecule has 0 radical (unpaired) electrons. The number of methoxy groups -OCH3 is 2. The fourth-order valence-electron chi connectivity index (χ4n) is 8.18. The van der Waals surface area contributed by atoms with Gasteiger partial charge >= 0.3 is 6.09 Å². The van der Waals surface area contributed by atoms with E-state index in [-0.39, 0.29) is 44.0 Å². The molecule has 51 heavy (non-hydrogen) atoms. The number of aliphatic hydroxyl groups excluding tert-OH is 2. The Labute approximate surface area is 299 Å². The van der Waals surface area contributed by atoms with Gasteiger partial charge in [0.05, 0.1) is 38.0 Å². The summed E-state index contributed by atoms with van der Waals surface area (Å²) in [6.07, 6.45) is 8.96. The fourth-order valence-corrected chi connectivity index (χ4v) is 8.18. The second kappa shape index (κ2) is 17.2. The first-order valence-corrected chi connectivity index (χ1v) is 17.5. The highest BCUT2D eigenvalue weighted by atomic mass is 16.7. The van der Waals surface area contributed by atoms with E-state index in [0.29, 0.717) is 47.1 Å². The van der Waals surface area contributed by atoms with Gasteiger partial charge in [-0.05, 0) is 79.5 Å². The Balaban J connectivity index is 1.73. The molecule has 12 nitrogen and oxygen atoms in total. The maximum absolute atomic E-state index is 13.2. The zero-order valence-electron chi connectivity index (χ0n) is 29.9. The lowest BCUT2D eigenvalue weighted by Crippen LogP contribution is -2.69. The quantitative estimate of drug-likeness (QED) is 0.0837. The lowest BCUT2D eigenvalue weighted by molar-refractivity contribution is -0.253. The Morgan fingerprint density at radius 3 is 2.45 bits per heavy atom. The fraction of sp³-hybridized carbons (Fsp3) is 0.513. The third kappa shape index (κ3) is 7.63. The summed E-state index contributed by atoms with van der Waals surface area (Å²) in [5.41, 5.74) is 2.89. The number of oxime groups is 1. The van der Waals surface area contributed by atoms with E-state index in [0.717, 1.165) is 43.1 Å². The van der Waals surface area contributed by atoms with Crippen LogP contribution >= 0.6 is 0 Å². The van der Waals surface area contributed by atoms with Crippen LogP contribution in [0.15, 0.2) is 65.9 Å². The van der Waals surface area contributed by atoms with Gasteiger partial charge in [0, 0.05) is 38.2 Å². The average molecular weight is 707 g/mol. The minimum atomic E-state index is -1.37. The summed E-state index contributed by atoms with van der Waals surface area (Å²) < 4.78 is 30.7. The van der Waals surface area contributed by atoms with E-state index in [1.165, 1.54) is 26.2 Å². The highest BCUT2D eigenvalue weighted by molar-refractivity contribution is 6.02. The van der Waals surface area contributed by atoms with Gasteiger partial charge in [-0.3, -0.25) is 4.79 Å². The number of likely N-dealkylation sites (N-methyl/N-ethyl adjacent to an activating group) is 1. The van der Waals surface area contributed by atoms with Crippen LogP contribution in [0.25, 0.3) is 0 Å². The van der Waals surface area contributed by atoms with Crippen LogP contribution in [0.5, 0.6) is 23.0 Å². The Hall–Kier alpha value is -4.39. The summed E-state index contributed by atoms with van der Waals surface area (Å²) in [5, 5.41) is 24.0. The van der Waals surface area contributed by atoms with Crippen LogP contribution < -0.4 is 14.2 Å². The van der Waals surface area contributed by atoms with Crippen LogP contribution in [0, 0.1) is 17.8 Å². The number of aliphatic hydroxyl groups is 2. The topological polar surface area (TPSA) is 146 Å². The molecule has 2 N–H and O–H groups in total. The highest BCUT2D eigenvalue weighted by Gasteiger charge is 2.65. The molecule has 2 aromatic rings. The van der Waals surface area contributed by atoms with Gasteiger partial charge in [0.2, 0.25) is 5.79 Å². The van der Waals surface area contributed by atoms with Crippen LogP contribution in [0.3, 0.4) is 0 Å². The zero-order chi connectivity index (χ0) is 36.5. The molecule has 6 atom stereocenters. The molecule has 1 amide bonds. The molecule has 5 rings (SSSR count). The normalized spacial score (nSPS) is 25.4. The molecule has 12 heteroatoms. The van der Waals surface area contributed by atoms with Gasteiger partial charge in [-0.15, -0.1) is 6.58 Å². The van der Waals surface area contributed by atoms with Crippen molar-refractivity contribution in [1.82, 2.24) is 4.90 Å². The van der Waals surface area contributed by atoms with Crippen molar-refractivity contribution >= 4 is 18.1 Å². The van der Waals surface area contributed by atoms with Gasteiger partial charge in [-0.1, -0.05) is 30.1 Å². The Kier molecular flexibility index (Phi) is 12.8. The van der Waals surface area contributed by atoms with Crippen molar-refractivity contribution in [2.75, 3.05) is 48.2 Å². The van der Waals surface area contributed by atoms with Gasteiger partial charge in [0.1, 0.15) is 36.1 Å². The number of aldehydes is 1. The number of carbonyl (C=O) groups excluding carboxylic acids is 2. The summed E-state index contributed by atoms with van der Waals surface area (Å²) >= 11 is 0. The van der Waals surface area contributed by atoms with Crippen LogP contribution in [0.4, 0.5) is 4.79 Å². The van der Waals surface area contributed by atoms with Gasteiger partial charge in [0.15, 0.2) is 6.29 Å². The molecular formula is C39H50N2O10. The lowest BCUT2D eigenvalue weighted by Gasteiger charge is -2.59. The summed E-state index contributed by atoms with van der Waals surface area (Å²) in [4.78, 5) is 31.9. The smallest absolute Gasteiger partial charge is 0.409 e. The number of ether oxygens (including phenoxy) is 5. The van der Waals surface area contributed by atoms with E-state index in [9.17, 15) is 19.8 Å². The van der Waals surface area contributed by atoms with Crippen molar-refractivity contribution in [2.24, 2.45) is 22.9 Å². The third-order valence-corrected chi connectivity index (χ3v) is 10.3. The molecule has 2 aliphatic carbocycles. The molecule has 0 bridgehead atoms. The number of allylic oxidation sites excluding steroid dienone is 1. The number of carbonyl (C=O) groups is 2. The van der Waals surface area contributed by atoms with Crippen molar-refractivity contribution in [1.29, 1.82) is 0 Å². The van der Waals surface area contributed by atoms with E-state index in [4.69, 9.17) is 28.5 Å². The number of amides is 1. The van der Waals surface area contributed by atoms with E-state index >= 15 is 0 Å². The van der Waals surface area contributed by atoms with Crippen LogP contribution in [-0.4, -0.2) is 93.2 Å². The third-order valence-electron chi connectivity index (χ3n) is 10.3. The number of benzene rings is 2. The molecule has 1 aliphatic heterocycles. The summed E-state index contributed by atoms with van der Waals surface area (Å²) in [6.45, 7) is 4.27. The molecule has 1 heterocycles. The van der Waals surface area contributed by atoms with E-state index in [2.05, 4.69) is 17.8 Å². The SMILES string of the molecule is C=CCOC12Oc3ccc(Oc4ccc(OC)c(C=O)c4)cc3C3C(CCCCO)C(CCCCO)C=C(C(=NOC)CC1N(C)C(=O)OC)C32. The van der Waals surface area contributed by atoms with E-state index < -0.39 is 23.8 Å². The molecular weight excluding hydrogens is 656 g/mol. The first kappa shape index (κ1) is 37.9. The Bertz CT molecular complexity index is 1610. The van der Waals surface area contributed by atoms with Crippen molar-refractivity contribution in [3.05, 3.63) is 71.8 Å². The van der Waals surface area contributed by atoms with Crippen molar-refractivity contribution in [2.45, 2.75) is 62.7 Å². The first-order valence-electron chi connectivity index (χ1n) is 17.5. The molecule has 0 saturated heterocycles. The van der Waals surface area contributed by atoms with E-state index in [1.807, 2.05) is 18.2 Å². The maximum atomic E-state index is 13.2. The summed E-state index contributed by atoms with van der Waals surface area (Å²) in [7, 11) is 6.02. The Morgan fingerprint density at radius 2 is 1.78 bits per heavy atom. The minimum Gasteiger partial charge on any atom is -0.496 e. The molecule has 2 aromatic carbocycles. The number of nitrogens with zero attached hydrogens (tertiary/aromatic N) is 2. The highest BCUT2D eigenvalue weighted by Crippen LogP contribution is 2.62. The second-order valence-electron chi connectivity index (χ2n) is 13.2. The van der Waals surface area contributed by atoms with Gasteiger partial charge in [-0.25, -0.2) is 4.79 Å². The van der Waals surface area contributed by atoms with Gasteiger partial charge < -0.3 is 43.6 Å². The van der Waals surface area contributed by atoms with Crippen molar-refractivity contribution < 1.29 is 48.3 Å². The van der Waals surface area contributed by atoms with Crippen molar-refractivity contribution in [3.8, 4) is 23.0 Å². The van der Waals surface area contributed by atoms with Gasteiger partial charge in [-0.2, -0.15) is 0 Å². The summed E-state index contributed by atoms with van der Waals surface area (Å²) in [5.74, 6) is 0.179. The average Bonchev–Trinajstić information content (AvgIpc) is 3.15. The zero-order valence-corrected chi connectivity index (χ0v) is 29.9. The largest absolute Gasteiger partial charge is 0.496 e. The molecule has 1 fully saturated rings. The number of hydrogen-bond acceptors (Lipinski definition) is 11. The predicted molar refractivity (Wildman–Crippen MR) is 191 cm³/mol. The van der Waals surface area contributed by atoms with E-state index in [1.54, 1.807) is 31.3 Å². The molecule has 276 valence electrons.